The predicted octanol–water partition coefficient (Wildman–Crippen LogP) is 2.36. The molecule has 0 spiro atoms. The topological polar surface area (TPSA) is 59.5 Å². The minimum absolute atomic E-state index is 0.275. The van der Waals surface area contributed by atoms with E-state index < -0.39 is 0 Å². The number of hydrogen-bond donors (Lipinski definition) is 1. The fourth-order valence-electron chi connectivity index (χ4n) is 4.53. The number of morpholine rings is 1. The quantitative estimate of drug-likeness (QED) is 0.890. The van der Waals surface area contributed by atoms with Crippen molar-refractivity contribution in [2.24, 2.45) is 0 Å². The van der Waals surface area contributed by atoms with Crippen LogP contribution in [0.1, 0.15) is 36.1 Å². The molecule has 1 N–H and O–H groups in total. The van der Waals surface area contributed by atoms with Crippen LogP contribution in [0.2, 0.25) is 0 Å². The first kappa shape index (κ1) is 16.9. The highest BCUT2D eigenvalue weighted by molar-refractivity contribution is 7.18. The van der Waals surface area contributed by atoms with Crippen LogP contribution in [0.25, 0.3) is 10.2 Å². The first-order valence-corrected chi connectivity index (χ1v) is 10.6. The molecule has 5 rings (SSSR count). The Hall–Kier alpha value is -1.28. The van der Waals surface area contributed by atoms with Gasteiger partial charge in [0.05, 0.1) is 18.6 Å². The van der Waals surface area contributed by atoms with E-state index in [1.807, 2.05) is 0 Å². The minimum Gasteiger partial charge on any atom is -0.474 e. The standard InChI is InChI=1S/C19H26N4O2S/c1-3-14(4-2-13(1)23-7-9-24-10-8-23)25-18-17-15-11-20-6-5-16(15)26-19(17)22-12-21-18/h12-14,20H,1-11H2/t13-,14-. The first-order chi connectivity index (χ1) is 12.9. The summed E-state index contributed by atoms with van der Waals surface area (Å²) >= 11 is 1.81. The SMILES string of the molecule is c1nc(O[C@H]2CC[C@H](N3CCOCC3)CC2)c2c3c(sc2n1)CCNC3. The van der Waals surface area contributed by atoms with Gasteiger partial charge in [-0.15, -0.1) is 11.3 Å². The molecule has 0 radical (unpaired) electrons. The van der Waals surface area contributed by atoms with E-state index in [2.05, 4.69) is 20.2 Å². The van der Waals surface area contributed by atoms with Crippen LogP contribution >= 0.6 is 11.3 Å². The van der Waals surface area contributed by atoms with Crippen LogP contribution in [0, 0.1) is 0 Å². The summed E-state index contributed by atoms with van der Waals surface area (Å²) in [5, 5.41) is 4.62. The van der Waals surface area contributed by atoms with Crippen LogP contribution in [-0.4, -0.2) is 59.9 Å². The van der Waals surface area contributed by atoms with Crippen LogP contribution in [0.15, 0.2) is 6.33 Å². The lowest BCUT2D eigenvalue weighted by molar-refractivity contribution is -0.00126. The number of rotatable bonds is 3. The molecule has 1 saturated heterocycles. The lowest BCUT2D eigenvalue weighted by Crippen LogP contribution is -2.46. The normalized spacial score (nSPS) is 27.4. The Bertz CT molecular complexity index is 766. The van der Waals surface area contributed by atoms with Gasteiger partial charge in [-0.2, -0.15) is 0 Å². The van der Waals surface area contributed by atoms with Gasteiger partial charge in [-0.1, -0.05) is 0 Å². The number of fused-ring (bicyclic) bond motifs is 3. The molecule has 7 heteroatoms. The summed E-state index contributed by atoms with van der Waals surface area (Å²) in [7, 11) is 0. The Morgan fingerprint density at radius 3 is 2.85 bits per heavy atom. The summed E-state index contributed by atoms with van der Waals surface area (Å²) in [4.78, 5) is 14.1. The smallest absolute Gasteiger partial charge is 0.225 e. The third kappa shape index (κ3) is 3.22. The maximum absolute atomic E-state index is 6.41. The summed E-state index contributed by atoms with van der Waals surface area (Å²) in [5.74, 6) is 0.797. The van der Waals surface area contributed by atoms with E-state index in [9.17, 15) is 0 Å². The molecule has 0 aromatic carbocycles. The Morgan fingerprint density at radius 1 is 1.15 bits per heavy atom. The zero-order valence-electron chi connectivity index (χ0n) is 15.1. The molecule has 3 aliphatic rings. The van der Waals surface area contributed by atoms with Crippen molar-refractivity contribution in [2.45, 2.75) is 50.8 Å². The molecule has 26 heavy (non-hydrogen) atoms. The second-order valence-corrected chi connectivity index (χ2v) is 8.57. The molecular formula is C19H26N4O2S. The van der Waals surface area contributed by atoms with Gasteiger partial charge >= 0.3 is 0 Å². The average molecular weight is 375 g/mol. The molecule has 0 amide bonds. The maximum Gasteiger partial charge on any atom is 0.225 e. The molecule has 1 aliphatic carbocycles. The molecule has 140 valence electrons. The zero-order valence-corrected chi connectivity index (χ0v) is 15.9. The summed E-state index contributed by atoms with van der Waals surface area (Å²) in [6.45, 7) is 5.88. The van der Waals surface area contributed by atoms with Crippen LogP contribution in [0.4, 0.5) is 0 Å². The van der Waals surface area contributed by atoms with Crippen molar-refractivity contribution in [3.8, 4) is 5.88 Å². The number of nitrogens with zero attached hydrogens (tertiary/aromatic N) is 3. The lowest BCUT2D eigenvalue weighted by atomic mass is 9.91. The summed E-state index contributed by atoms with van der Waals surface area (Å²) < 4.78 is 11.9. The van der Waals surface area contributed by atoms with E-state index in [0.717, 1.165) is 74.8 Å². The molecular weight excluding hydrogens is 348 g/mol. The molecule has 0 atom stereocenters. The molecule has 2 aromatic heterocycles. The van der Waals surface area contributed by atoms with E-state index in [1.165, 1.54) is 23.3 Å². The number of nitrogens with one attached hydrogen (secondary N) is 1. The fraction of sp³-hybridized carbons (Fsp3) is 0.684. The van der Waals surface area contributed by atoms with Crippen molar-refractivity contribution in [1.29, 1.82) is 0 Å². The highest BCUT2D eigenvalue weighted by Crippen LogP contribution is 2.37. The Balaban J connectivity index is 1.29. The zero-order chi connectivity index (χ0) is 17.3. The van der Waals surface area contributed by atoms with Crippen molar-refractivity contribution in [3.63, 3.8) is 0 Å². The van der Waals surface area contributed by atoms with Gasteiger partial charge in [0.15, 0.2) is 0 Å². The first-order valence-electron chi connectivity index (χ1n) is 9.83. The highest BCUT2D eigenvalue weighted by atomic mass is 32.1. The summed E-state index contributed by atoms with van der Waals surface area (Å²) in [6.07, 6.45) is 7.66. The van der Waals surface area contributed by atoms with Crippen LogP contribution in [0.5, 0.6) is 5.88 Å². The fourth-order valence-corrected chi connectivity index (χ4v) is 5.68. The molecule has 0 bridgehead atoms. The molecule has 2 aliphatic heterocycles. The third-order valence-corrected chi connectivity index (χ3v) is 7.15. The van der Waals surface area contributed by atoms with Gasteiger partial charge < -0.3 is 14.8 Å². The third-order valence-electron chi connectivity index (χ3n) is 5.95. The second kappa shape index (κ2) is 7.38. The van der Waals surface area contributed by atoms with Crippen molar-refractivity contribution in [2.75, 3.05) is 32.8 Å². The molecule has 2 fully saturated rings. The molecule has 6 nitrogen and oxygen atoms in total. The Labute approximate surface area is 157 Å². The van der Waals surface area contributed by atoms with Crippen LogP contribution in [0.3, 0.4) is 0 Å². The van der Waals surface area contributed by atoms with Crippen molar-refractivity contribution >= 4 is 21.6 Å². The van der Waals surface area contributed by atoms with Gasteiger partial charge in [-0.05, 0) is 37.7 Å². The van der Waals surface area contributed by atoms with E-state index in [4.69, 9.17) is 9.47 Å². The summed E-state index contributed by atoms with van der Waals surface area (Å²) in [5.41, 5.74) is 1.36. The van der Waals surface area contributed by atoms with Gasteiger partial charge in [0.25, 0.3) is 0 Å². The number of ether oxygens (including phenoxy) is 2. The van der Waals surface area contributed by atoms with Gasteiger partial charge in [-0.25, -0.2) is 9.97 Å². The van der Waals surface area contributed by atoms with Gasteiger partial charge in [0.1, 0.15) is 17.3 Å². The van der Waals surface area contributed by atoms with Gasteiger partial charge in [0.2, 0.25) is 5.88 Å². The number of hydrogen-bond acceptors (Lipinski definition) is 7. The molecule has 1 saturated carbocycles. The lowest BCUT2D eigenvalue weighted by Gasteiger charge is -2.38. The number of aromatic nitrogens is 2. The van der Waals surface area contributed by atoms with Crippen LogP contribution in [-0.2, 0) is 17.7 Å². The molecule has 2 aromatic rings. The average Bonchev–Trinajstić information content (AvgIpc) is 3.09. The number of thiophene rings is 1. The van der Waals surface area contributed by atoms with Gasteiger partial charge in [-0.3, -0.25) is 4.90 Å². The molecule has 0 unspecified atom stereocenters. The van der Waals surface area contributed by atoms with Crippen molar-refractivity contribution in [1.82, 2.24) is 20.2 Å². The molecule has 4 heterocycles. The van der Waals surface area contributed by atoms with Crippen molar-refractivity contribution in [3.05, 3.63) is 16.8 Å². The minimum atomic E-state index is 0.275. The van der Waals surface area contributed by atoms with E-state index in [0.29, 0.717) is 6.04 Å². The monoisotopic (exact) mass is 374 g/mol. The van der Waals surface area contributed by atoms with Gasteiger partial charge in [0, 0.05) is 37.1 Å². The maximum atomic E-state index is 6.41. The summed E-state index contributed by atoms with van der Waals surface area (Å²) in [6, 6.07) is 0.697. The van der Waals surface area contributed by atoms with E-state index >= 15 is 0 Å². The Kier molecular flexibility index (Phi) is 4.79. The highest BCUT2D eigenvalue weighted by Gasteiger charge is 2.29. The van der Waals surface area contributed by atoms with Crippen molar-refractivity contribution < 1.29 is 9.47 Å². The van der Waals surface area contributed by atoms with E-state index in [-0.39, 0.29) is 6.10 Å². The largest absolute Gasteiger partial charge is 0.474 e. The Morgan fingerprint density at radius 2 is 2.00 bits per heavy atom. The van der Waals surface area contributed by atoms with Crippen LogP contribution < -0.4 is 10.1 Å². The van der Waals surface area contributed by atoms with E-state index in [1.54, 1.807) is 17.7 Å². The second-order valence-electron chi connectivity index (χ2n) is 7.49. The predicted molar refractivity (Wildman–Crippen MR) is 102 cm³/mol.